The molecule has 124 valence electrons. The van der Waals surface area contributed by atoms with Gasteiger partial charge in [0.05, 0.1) is 17.2 Å². The zero-order valence-electron chi connectivity index (χ0n) is 12.9. The van der Waals surface area contributed by atoms with Crippen molar-refractivity contribution in [1.29, 1.82) is 0 Å². The van der Waals surface area contributed by atoms with E-state index in [0.717, 1.165) is 0 Å². The molecule has 0 saturated carbocycles. The first-order chi connectivity index (χ1) is 10.9. The number of carbonyl (C=O) groups excluding carboxylic acids is 3. The van der Waals surface area contributed by atoms with Gasteiger partial charge in [0.25, 0.3) is 5.91 Å². The van der Waals surface area contributed by atoms with Crippen LogP contribution in [0.25, 0.3) is 0 Å². The molecule has 7 heteroatoms. The van der Waals surface area contributed by atoms with Crippen molar-refractivity contribution in [1.82, 2.24) is 5.32 Å². The van der Waals surface area contributed by atoms with E-state index in [1.807, 2.05) is 0 Å². The molecule has 0 aliphatic carbocycles. The number of rotatable bonds is 5. The van der Waals surface area contributed by atoms with Crippen molar-refractivity contribution in [2.45, 2.75) is 32.4 Å². The third kappa shape index (κ3) is 4.22. The summed E-state index contributed by atoms with van der Waals surface area (Å²) in [7, 11) is 0. The molecular formula is C16H18ClNO5. The number of nitrogens with one attached hydrogen (secondary N) is 1. The van der Waals surface area contributed by atoms with Gasteiger partial charge in [0, 0.05) is 6.42 Å². The van der Waals surface area contributed by atoms with Crippen LogP contribution in [0.1, 0.15) is 30.6 Å². The number of halogens is 1. The molecule has 0 unspecified atom stereocenters. The quantitative estimate of drug-likeness (QED) is 0.829. The monoisotopic (exact) mass is 339 g/mol. The molecule has 2 rings (SSSR count). The minimum atomic E-state index is -0.902. The molecule has 1 aromatic carbocycles. The molecule has 1 fully saturated rings. The first-order valence-corrected chi connectivity index (χ1v) is 7.70. The highest BCUT2D eigenvalue weighted by atomic mass is 35.5. The Bertz CT molecular complexity index is 616. The van der Waals surface area contributed by atoms with Crippen molar-refractivity contribution < 1.29 is 23.9 Å². The first kappa shape index (κ1) is 17.3. The number of ether oxygens (including phenoxy) is 2. The molecule has 1 amide bonds. The predicted octanol–water partition coefficient (Wildman–Crippen LogP) is 1.95. The van der Waals surface area contributed by atoms with Gasteiger partial charge >= 0.3 is 11.9 Å². The first-order valence-electron chi connectivity index (χ1n) is 7.32. The summed E-state index contributed by atoms with van der Waals surface area (Å²) in [6, 6.07) is 5.66. The van der Waals surface area contributed by atoms with Crippen LogP contribution in [0.15, 0.2) is 24.3 Å². The van der Waals surface area contributed by atoms with Crippen molar-refractivity contribution in [3.63, 3.8) is 0 Å². The summed E-state index contributed by atoms with van der Waals surface area (Å²) in [5.41, 5.74) is 0.271. The second-order valence-corrected chi connectivity index (χ2v) is 5.96. The van der Waals surface area contributed by atoms with Crippen LogP contribution in [-0.2, 0) is 19.1 Å². The lowest BCUT2D eigenvalue weighted by atomic mass is 10.0. The molecule has 1 N–H and O–H groups in total. The second-order valence-electron chi connectivity index (χ2n) is 5.56. The van der Waals surface area contributed by atoms with E-state index >= 15 is 0 Å². The Morgan fingerprint density at radius 2 is 2.04 bits per heavy atom. The van der Waals surface area contributed by atoms with Gasteiger partial charge in [-0.1, -0.05) is 37.6 Å². The molecule has 0 radical (unpaired) electrons. The summed E-state index contributed by atoms with van der Waals surface area (Å²) in [4.78, 5) is 35.9. The van der Waals surface area contributed by atoms with E-state index in [9.17, 15) is 14.4 Å². The molecule has 23 heavy (non-hydrogen) atoms. The number of carbonyl (C=O) groups is 3. The van der Waals surface area contributed by atoms with Gasteiger partial charge in [0.15, 0.2) is 0 Å². The summed E-state index contributed by atoms with van der Waals surface area (Å²) in [6.45, 7) is 3.77. The Morgan fingerprint density at radius 3 is 2.61 bits per heavy atom. The Hall–Kier alpha value is -2.08. The third-order valence-electron chi connectivity index (χ3n) is 3.47. The maximum atomic E-state index is 12.3. The van der Waals surface area contributed by atoms with Gasteiger partial charge in [0.2, 0.25) is 6.10 Å². The highest BCUT2D eigenvalue weighted by molar-refractivity contribution is 6.33. The summed E-state index contributed by atoms with van der Waals surface area (Å²) in [6.07, 6.45) is -0.575. The van der Waals surface area contributed by atoms with E-state index in [0.29, 0.717) is 11.4 Å². The van der Waals surface area contributed by atoms with Crippen molar-refractivity contribution in [2.75, 3.05) is 6.61 Å². The molecular weight excluding hydrogens is 322 g/mol. The highest BCUT2D eigenvalue weighted by Gasteiger charge is 2.34. The lowest BCUT2D eigenvalue weighted by Crippen LogP contribution is -2.46. The van der Waals surface area contributed by atoms with Crippen molar-refractivity contribution in [3.8, 4) is 0 Å². The number of esters is 2. The minimum Gasteiger partial charge on any atom is -0.463 e. The van der Waals surface area contributed by atoms with Crippen LogP contribution < -0.4 is 5.32 Å². The molecule has 2 atom stereocenters. The van der Waals surface area contributed by atoms with E-state index in [2.05, 4.69) is 5.32 Å². The van der Waals surface area contributed by atoms with Gasteiger partial charge < -0.3 is 14.8 Å². The van der Waals surface area contributed by atoms with Crippen LogP contribution in [0.5, 0.6) is 0 Å². The normalized spacial score (nSPS) is 18.4. The van der Waals surface area contributed by atoms with E-state index in [-0.39, 0.29) is 18.1 Å². The van der Waals surface area contributed by atoms with E-state index in [1.54, 1.807) is 38.1 Å². The summed E-state index contributed by atoms with van der Waals surface area (Å²) >= 11 is 5.98. The van der Waals surface area contributed by atoms with Gasteiger partial charge in [-0.25, -0.2) is 9.59 Å². The zero-order valence-corrected chi connectivity index (χ0v) is 13.6. The maximum Gasteiger partial charge on any atom is 0.347 e. The molecule has 0 spiro atoms. The van der Waals surface area contributed by atoms with Gasteiger partial charge in [0.1, 0.15) is 6.04 Å². The van der Waals surface area contributed by atoms with Crippen LogP contribution >= 0.6 is 11.6 Å². The van der Waals surface area contributed by atoms with E-state index in [1.165, 1.54) is 0 Å². The SMILES string of the molecule is CC(C)[C@@H](NC(=O)c1ccccc1Cl)C(=O)O[C@@H]1CCOC1=O. The van der Waals surface area contributed by atoms with E-state index < -0.39 is 30.0 Å². The Balaban J connectivity index is 2.06. The average Bonchev–Trinajstić information content (AvgIpc) is 2.89. The maximum absolute atomic E-state index is 12.3. The Labute approximate surface area is 139 Å². The summed E-state index contributed by atoms with van der Waals surface area (Å²) in [5.74, 6) is -1.91. The van der Waals surface area contributed by atoms with Crippen LogP contribution in [0.2, 0.25) is 5.02 Å². The fourth-order valence-electron chi connectivity index (χ4n) is 2.16. The van der Waals surface area contributed by atoms with Crippen LogP contribution in [0, 0.1) is 5.92 Å². The van der Waals surface area contributed by atoms with Gasteiger partial charge in [-0.2, -0.15) is 0 Å². The summed E-state index contributed by atoms with van der Waals surface area (Å²) < 4.78 is 9.90. The Morgan fingerprint density at radius 1 is 1.35 bits per heavy atom. The lowest BCUT2D eigenvalue weighted by Gasteiger charge is -2.22. The number of benzene rings is 1. The van der Waals surface area contributed by atoms with Crippen LogP contribution in [0.3, 0.4) is 0 Å². The fraction of sp³-hybridized carbons (Fsp3) is 0.438. The van der Waals surface area contributed by atoms with Crippen molar-refractivity contribution >= 4 is 29.4 Å². The molecule has 1 aliphatic heterocycles. The van der Waals surface area contributed by atoms with Gasteiger partial charge in [-0.15, -0.1) is 0 Å². The predicted molar refractivity (Wildman–Crippen MR) is 83.0 cm³/mol. The Kier molecular flexibility index (Phi) is 5.60. The van der Waals surface area contributed by atoms with Crippen LogP contribution in [0.4, 0.5) is 0 Å². The molecule has 0 aromatic heterocycles. The van der Waals surface area contributed by atoms with Gasteiger partial charge in [-0.05, 0) is 18.1 Å². The molecule has 1 aliphatic rings. The topological polar surface area (TPSA) is 81.7 Å². The molecule has 1 heterocycles. The van der Waals surface area contributed by atoms with E-state index in [4.69, 9.17) is 21.1 Å². The van der Waals surface area contributed by atoms with Crippen molar-refractivity contribution in [2.24, 2.45) is 5.92 Å². The summed E-state index contributed by atoms with van der Waals surface area (Å²) in [5, 5.41) is 2.90. The fourth-order valence-corrected chi connectivity index (χ4v) is 2.38. The van der Waals surface area contributed by atoms with Crippen molar-refractivity contribution in [3.05, 3.63) is 34.9 Å². The number of hydrogen-bond donors (Lipinski definition) is 1. The number of hydrogen-bond acceptors (Lipinski definition) is 5. The second kappa shape index (κ2) is 7.46. The van der Waals surface area contributed by atoms with Gasteiger partial charge in [-0.3, -0.25) is 4.79 Å². The standard InChI is InChI=1S/C16H18ClNO5/c1-9(2)13(16(21)23-12-7-8-22-15(12)20)18-14(19)10-5-3-4-6-11(10)17/h3-6,9,12-13H,7-8H2,1-2H3,(H,18,19)/t12-,13-/m1/s1. The van der Waals surface area contributed by atoms with Crippen LogP contribution in [-0.4, -0.2) is 36.6 Å². The molecule has 1 aromatic rings. The molecule has 6 nitrogen and oxygen atoms in total. The average molecular weight is 340 g/mol. The minimum absolute atomic E-state index is 0.216. The molecule has 1 saturated heterocycles. The highest BCUT2D eigenvalue weighted by Crippen LogP contribution is 2.17. The number of cyclic esters (lactones) is 1. The lowest BCUT2D eigenvalue weighted by molar-refractivity contribution is -0.162. The number of amides is 1. The smallest absolute Gasteiger partial charge is 0.347 e. The molecule has 0 bridgehead atoms. The third-order valence-corrected chi connectivity index (χ3v) is 3.80. The zero-order chi connectivity index (χ0) is 17.0. The largest absolute Gasteiger partial charge is 0.463 e.